The van der Waals surface area contributed by atoms with Crippen LogP contribution in [-0.4, -0.2) is 39.0 Å². The lowest BCUT2D eigenvalue weighted by Gasteiger charge is -2.26. The highest BCUT2D eigenvalue weighted by atomic mass is 35.5. The van der Waals surface area contributed by atoms with Crippen molar-refractivity contribution < 1.29 is 9.90 Å². The van der Waals surface area contributed by atoms with Crippen molar-refractivity contribution in [3.63, 3.8) is 0 Å². The molecular weight excluding hydrogens is 314 g/mol. The maximum absolute atomic E-state index is 11.4. The Kier molecular flexibility index (Phi) is 4.88. The lowest BCUT2D eigenvalue weighted by molar-refractivity contribution is 0.0686. The monoisotopic (exact) mass is 331 g/mol. The second-order valence-corrected chi connectivity index (χ2v) is 6.14. The van der Waals surface area contributed by atoms with E-state index in [-0.39, 0.29) is 5.69 Å². The Morgan fingerprint density at radius 2 is 1.87 bits per heavy atom. The van der Waals surface area contributed by atoms with Gasteiger partial charge in [-0.25, -0.2) is 14.8 Å². The maximum Gasteiger partial charge on any atom is 0.356 e. The standard InChI is InChI=1S/C17H18ClN3O2/c18-13-6-4-12(5-7-13)14-10-19-16(17(22)23)15(20-14)11-21-8-2-1-3-9-21/h4-7,10H,1-3,8-9,11H2,(H,22,23). The van der Waals surface area contributed by atoms with E-state index in [1.165, 1.54) is 12.6 Å². The number of aromatic carboxylic acids is 1. The number of piperidine rings is 1. The number of rotatable bonds is 4. The molecule has 3 rings (SSSR count). The lowest BCUT2D eigenvalue weighted by Crippen LogP contribution is -2.30. The summed E-state index contributed by atoms with van der Waals surface area (Å²) in [7, 11) is 0. The topological polar surface area (TPSA) is 66.3 Å². The number of benzene rings is 1. The first-order valence-corrected chi connectivity index (χ1v) is 8.09. The Hall–Kier alpha value is -1.98. The molecule has 1 aromatic carbocycles. The highest BCUT2D eigenvalue weighted by molar-refractivity contribution is 6.30. The fourth-order valence-corrected chi connectivity index (χ4v) is 2.93. The average molecular weight is 332 g/mol. The van der Waals surface area contributed by atoms with E-state index in [9.17, 15) is 9.90 Å². The maximum atomic E-state index is 11.4. The minimum Gasteiger partial charge on any atom is -0.476 e. The number of hydrogen-bond acceptors (Lipinski definition) is 4. The van der Waals surface area contributed by atoms with E-state index in [1.807, 2.05) is 12.1 Å². The minimum atomic E-state index is -1.04. The van der Waals surface area contributed by atoms with Crippen molar-refractivity contribution in [1.82, 2.24) is 14.9 Å². The van der Waals surface area contributed by atoms with Gasteiger partial charge in [-0.2, -0.15) is 0 Å². The Labute approximate surface area is 139 Å². The van der Waals surface area contributed by atoms with Gasteiger partial charge in [-0.1, -0.05) is 30.2 Å². The molecular formula is C17H18ClN3O2. The summed E-state index contributed by atoms with van der Waals surface area (Å²) in [6, 6.07) is 7.29. The van der Waals surface area contributed by atoms with Gasteiger partial charge in [-0.05, 0) is 38.1 Å². The van der Waals surface area contributed by atoms with Crippen molar-refractivity contribution in [2.24, 2.45) is 0 Å². The molecule has 23 heavy (non-hydrogen) atoms. The van der Waals surface area contributed by atoms with Crippen LogP contribution in [0.2, 0.25) is 5.02 Å². The van der Waals surface area contributed by atoms with E-state index in [0.717, 1.165) is 31.5 Å². The quantitative estimate of drug-likeness (QED) is 0.929. The second-order valence-electron chi connectivity index (χ2n) is 5.70. The van der Waals surface area contributed by atoms with Crippen molar-refractivity contribution in [2.75, 3.05) is 13.1 Å². The van der Waals surface area contributed by atoms with Crippen LogP contribution in [0, 0.1) is 0 Å². The summed E-state index contributed by atoms with van der Waals surface area (Å²) in [5, 5.41) is 10.0. The van der Waals surface area contributed by atoms with Gasteiger partial charge in [-0.15, -0.1) is 0 Å². The third-order valence-corrected chi connectivity index (χ3v) is 4.26. The molecule has 0 unspecified atom stereocenters. The number of nitrogens with zero attached hydrogens (tertiary/aromatic N) is 3. The van der Waals surface area contributed by atoms with Crippen LogP contribution in [0.3, 0.4) is 0 Å². The molecule has 1 saturated heterocycles. The van der Waals surface area contributed by atoms with Crippen LogP contribution in [0.5, 0.6) is 0 Å². The molecule has 0 saturated carbocycles. The van der Waals surface area contributed by atoms with Crippen LogP contribution in [0.15, 0.2) is 30.5 Å². The van der Waals surface area contributed by atoms with E-state index in [1.54, 1.807) is 12.1 Å². The summed E-state index contributed by atoms with van der Waals surface area (Å²) in [5.41, 5.74) is 2.09. The Bertz CT molecular complexity index is 697. The summed E-state index contributed by atoms with van der Waals surface area (Å²) in [6.07, 6.45) is 5.03. The SMILES string of the molecule is O=C(O)c1ncc(-c2ccc(Cl)cc2)nc1CN1CCCCC1. The molecule has 0 radical (unpaired) electrons. The van der Waals surface area contributed by atoms with Crippen molar-refractivity contribution in [3.8, 4) is 11.3 Å². The highest BCUT2D eigenvalue weighted by Crippen LogP contribution is 2.21. The van der Waals surface area contributed by atoms with Crippen LogP contribution in [-0.2, 0) is 6.54 Å². The molecule has 2 aromatic rings. The van der Waals surface area contributed by atoms with E-state index >= 15 is 0 Å². The second kappa shape index (κ2) is 7.06. The summed E-state index contributed by atoms with van der Waals surface area (Å²) in [5.74, 6) is -1.04. The molecule has 1 fully saturated rings. The first kappa shape index (κ1) is 15.9. The number of carboxylic acid groups (broad SMARTS) is 1. The molecule has 1 aromatic heterocycles. The molecule has 0 amide bonds. The molecule has 120 valence electrons. The fourth-order valence-electron chi connectivity index (χ4n) is 2.81. The zero-order valence-electron chi connectivity index (χ0n) is 12.7. The van der Waals surface area contributed by atoms with E-state index < -0.39 is 5.97 Å². The van der Waals surface area contributed by atoms with Crippen LogP contribution in [0.25, 0.3) is 11.3 Å². The number of carbonyl (C=O) groups is 1. The number of halogens is 1. The van der Waals surface area contributed by atoms with Gasteiger partial charge >= 0.3 is 5.97 Å². The molecule has 6 heteroatoms. The summed E-state index contributed by atoms with van der Waals surface area (Å²) < 4.78 is 0. The van der Waals surface area contributed by atoms with E-state index in [0.29, 0.717) is 23.0 Å². The minimum absolute atomic E-state index is 0.0355. The summed E-state index contributed by atoms with van der Waals surface area (Å²) in [4.78, 5) is 22.3. The first-order valence-electron chi connectivity index (χ1n) is 7.71. The third kappa shape index (κ3) is 3.86. The predicted octanol–water partition coefficient (Wildman–Crippen LogP) is 3.48. The van der Waals surface area contributed by atoms with Crippen LogP contribution >= 0.6 is 11.6 Å². The largest absolute Gasteiger partial charge is 0.476 e. The Morgan fingerprint density at radius 3 is 2.52 bits per heavy atom. The Balaban J connectivity index is 1.92. The number of aromatic nitrogens is 2. The van der Waals surface area contributed by atoms with E-state index in [4.69, 9.17) is 11.6 Å². The average Bonchev–Trinajstić information content (AvgIpc) is 2.56. The normalized spacial score (nSPS) is 15.5. The summed E-state index contributed by atoms with van der Waals surface area (Å²) >= 11 is 5.91. The first-order chi connectivity index (χ1) is 11.1. The van der Waals surface area contributed by atoms with Gasteiger partial charge < -0.3 is 5.11 Å². The summed E-state index contributed by atoms with van der Waals surface area (Å²) in [6.45, 7) is 2.48. The van der Waals surface area contributed by atoms with E-state index in [2.05, 4.69) is 14.9 Å². The molecule has 1 aliphatic heterocycles. The van der Waals surface area contributed by atoms with Crippen LogP contribution < -0.4 is 0 Å². The predicted molar refractivity (Wildman–Crippen MR) is 88.6 cm³/mol. The molecule has 0 atom stereocenters. The molecule has 5 nitrogen and oxygen atoms in total. The zero-order valence-corrected chi connectivity index (χ0v) is 13.5. The van der Waals surface area contributed by atoms with Crippen molar-refractivity contribution in [1.29, 1.82) is 0 Å². The molecule has 0 bridgehead atoms. The van der Waals surface area contributed by atoms with Crippen LogP contribution in [0.4, 0.5) is 0 Å². The van der Waals surface area contributed by atoms with Gasteiger partial charge in [-0.3, -0.25) is 4.90 Å². The molecule has 0 spiro atoms. The fraction of sp³-hybridized carbons (Fsp3) is 0.353. The van der Waals surface area contributed by atoms with Gasteiger partial charge in [0.1, 0.15) is 0 Å². The number of likely N-dealkylation sites (tertiary alicyclic amines) is 1. The molecule has 1 aliphatic rings. The smallest absolute Gasteiger partial charge is 0.356 e. The van der Waals surface area contributed by atoms with Crippen molar-refractivity contribution in [3.05, 3.63) is 46.9 Å². The van der Waals surface area contributed by atoms with Gasteiger partial charge in [0.25, 0.3) is 0 Å². The van der Waals surface area contributed by atoms with Crippen molar-refractivity contribution in [2.45, 2.75) is 25.8 Å². The molecule has 1 N–H and O–H groups in total. The Morgan fingerprint density at radius 1 is 1.17 bits per heavy atom. The number of hydrogen-bond donors (Lipinski definition) is 1. The number of carboxylic acids is 1. The molecule has 0 aliphatic carbocycles. The van der Waals surface area contributed by atoms with Gasteiger partial charge in [0.05, 0.1) is 17.6 Å². The van der Waals surface area contributed by atoms with Gasteiger partial charge in [0.2, 0.25) is 0 Å². The highest BCUT2D eigenvalue weighted by Gasteiger charge is 2.19. The molecule has 2 heterocycles. The third-order valence-electron chi connectivity index (χ3n) is 4.01. The lowest BCUT2D eigenvalue weighted by atomic mass is 10.1. The van der Waals surface area contributed by atoms with Crippen LogP contribution in [0.1, 0.15) is 35.4 Å². The van der Waals surface area contributed by atoms with Crippen molar-refractivity contribution >= 4 is 17.6 Å². The van der Waals surface area contributed by atoms with Gasteiger partial charge in [0.15, 0.2) is 5.69 Å². The van der Waals surface area contributed by atoms with Gasteiger partial charge in [0, 0.05) is 17.1 Å². The zero-order chi connectivity index (χ0) is 16.2.